The van der Waals surface area contributed by atoms with E-state index in [0.29, 0.717) is 12.2 Å². The van der Waals surface area contributed by atoms with E-state index in [1.165, 1.54) is 23.5 Å². The van der Waals surface area contributed by atoms with E-state index in [1.807, 2.05) is 41.6 Å². The lowest BCUT2D eigenvalue weighted by molar-refractivity contribution is 0.0699. The molecule has 1 aliphatic rings. The second-order valence-corrected chi connectivity index (χ2v) is 8.61. The van der Waals surface area contributed by atoms with Crippen LogP contribution in [0, 0.1) is 12.7 Å². The van der Waals surface area contributed by atoms with Crippen molar-refractivity contribution in [1.29, 1.82) is 0 Å². The lowest BCUT2D eigenvalue weighted by Gasteiger charge is -2.30. The normalized spacial score (nSPS) is 16.9. The Hall–Kier alpha value is -3.13. The maximum absolute atomic E-state index is 13.6. The first-order valence-corrected chi connectivity index (χ1v) is 10.8. The molecule has 8 heteroatoms. The Bertz CT molecular complexity index is 1230. The van der Waals surface area contributed by atoms with Crippen molar-refractivity contribution in [3.8, 4) is 11.1 Å². The maximum atomic E-state index is 13.6. The summed E-state index contributed by atoms with van der Waals surface area (Å²) in [6.45, 7) is 3.21. The molecule has 0 saturated carbocycles. The number of aryl methyl sites for hydroxylation is 1. The first-order chi connectivity index (χ1) is 14.6. The van der Waals surface area contributed by atoms with Crippen LogP contribution < -0.4 is 0 Å². The van der Waals surface area contributed by atoms with Crippen molar-refractivity contribution < 1.29 is 9.18 Å². The number of carbonyl (C=O) groups excluding carboxylic acids is 1. The number of thiazole rings is 1. The number of hydrogen-bond acceptors (Lipinski definition) is 5. The molecular weight excluding hydrogens is 401 g/mol. The minimum absolute atomic E-state index is 0.0267. The van der Waals surface area contributed by atoms with Gasteiger partial charge < -0.3 is 4.90 Å². The Morgan fingerprint density at radius 2 is 2.10 bits per heavy atom. The third-order valence-electron chi connectivity index (χ3n) is 5.42. The molecule has 0 aliphatic carbocycles. The van der Waals surface area contributed by atoms with Crippen molar-refractivity contribution >= 4 is 22.9 Å². The third-order valence-corrected chi connectivity index (χ3v) is 6.19. The van der Waals surface area contributed by atoms with E-state index in [4.69, 9.17) is 0 Å². The minimum Gasteiger partial charge on any atom is -0.337 e. The molecule has 4 aromatic rings. The molecule has 1 aromatic carbocycles. The third kappa shape index (κ3) is 3.59. The molecule has 3 aromatic heterocycles. The number of benzene rings is 1. The van der Waals surface area contributed by atoms with E-state index in [9.17, 15) is 9.18 Å². The number of fused-ring (bicyclic) bond motifs is 1. The zero-order chi connectivity index (χ0) is 20.7. The predicted octanol–water partition coefficient (Wildman–Crippen LogP) is 4.32. The molecule has 0 bridgehead atoms. The quantitative estimate of drug-likeness (QED) is 0.494. The second-order valence-electron chi connectivity index (χ2n) is 7.54. The summed E-state index contributed by atoms with van der Waals surface area (Å²) in [5.41, 5.74) is 2.92. The summed E-state index contributed by atoms with van der Waals surface area (Å²) in [7, 11) is 0. The van der Waals surface area contributed by atoms with Crippen molar-refractivity contribution in [3.05, 3.63) is 70.3 Å². The van der Waals surface area contributed by atoms with Gasteiger partial charge in [0.05, 0.1) is 5.01 Å². The number of likely N-dealkylation sites (tertiary alicyclic amines) is 1. The number of aromatic nitrogens is 4. The van der Waals surface area contributed by atoms with Gasteiger partial charge >= 0.3 is 0 Å². The molecule has 1 fully saturated rings. The number of rotatable bonds is 3. The van der Waals surface area contributed by atoms with Crippen LogP contribution >= 0.6 is 11.3 Å². The molecule has 1 aliphatic heterocycles. The van der Waals surface area contributed by atoms with Crippen molar-refractivity contribution in [2.75, 3.05) is 13.1 Å². The SMILES string of the molecule is Cc1nc(C(=O)N2CCCC(c3nc4ccc(-c5cccc(F)c5)cn4n3)C2)cs1. The Balaban J connectivity index is 1.39. The Labute approximate surface area is 177 Å². The summed E-state index contributed by atoms with van der Waals surface area (Å²) >= 11 is 1.49. The number of hydrogen-bond donors (Lipinski definition) is 0. The molecule has 1 atom stereocenters. The van der Waals surface area contributed by atoms with Crippen LogP contribution in [-0.2, 0) is 0 Å². The Morgan fingerprint density at radius 1 is 1.20 bits per heavy atom. The van der Waals surface area contributed by atoms with Gasteiger partial charge in [-0.2, -0.15) is 5.10 Å². The summed E-state index contributed by atoms with van der Waals surface area (Å²) in [6.07, 6.45) is 3.71. The maximum Gasteiger partial charge on any atom is 0.273 e. The largest absolute Gasteiger partial charge is 0.337 e. The van der Waals surface area contributed by atoms with Gasteiger partial charge in [0.1, 0.15) is 11.5 Å². The smallest absolute Gasteiger partial charge is 0.273 e. The predicted molar refractivity (Wildman–Crippen MR) is 113 cm³/mol. The molecule has 1 amide bonds. The van der Waals surface area contributed by atoms with Crippen molar-refractivity contribution in [2.45, 2.75) is 25.7 Å². The average Bonchev–Trinajstić information content (AvgIpc) is 3.39. The molecule has 0 radical (unpaired) electrons. The highest BCUT2D eigenvalue weighted by Crippen LogP contribution is 2.27. The van der Waals surface area contributed by atoms with Crippen LogP contribution in [0.4, 0.5) is 4.39 Å². The molecule has 4 heterocycles. The average molecular weight is 422 g/mol. The monoisotopic (exact) mass is 421 g/mol. The van der Waals surface area contributed by atoms with Crippen LogP contribution in [0.25, 0.3) is 16.8 Å². The van der Waals surface area contributed by atoms with Gasteiger partial charge in [-0.3, -0.25) is 4.79 Å². The van der Waals surface area contributed by atoms with Gasteiger partial charge in [0.25, 0.3) is 5.91 Å². The molecular formula is C22H20FN5OS. The number of amides is 1. The van der Waals surface area contributed by atoms with Crippen LogP contribution in [-0.4, -0.2) is 43.5 Å². The van der Waals surface area contributed by atoms with Gasteiger partial charge in [-0.25, -0.2) is 18.9 Å². The Kier molecular flexibility index (Phi) is 4.78. The lowest BCUT2D eigenvalue weighted by atomic mass is 9.97. The number of carbonyl (C=O) groups is 1. The summed E-state index contributed by atoms with van der Waals surface area (Å²) < 4.78 is 15.3. The van der Waals surface area contributed by atoms with Crippen molar-refractivity contribution in [3.63, 3.8) is 0 Å². The highest BCUT2D eigenvalue weighted by atomic mass is 32.1. The zero-order valence-electron chi connectivity index (χ0n) is 16.5. The van der Waals surface area contributed by atoms with E-state index < -0.39 is 0 Å². The first kappa shape index (κ1) is 18.9. The standard InChI is InChI=1S/C22H20FN5OS/c1-14-24-19(13-30-14)22(29)27-9-3-5-17(11-27)21-25-20-8-7-16(12-28(20)26-21)15-4-2-6-18(23)10-15/h2,4,6-8,10,12-13,17H,3,5,9,11H2,1H3. The van der Waals surface area contributed by atoms with Gasteiger partial charge in [-0.05, 0) is 49.6 Å². The molecule has 6 nitrogen and oxygen atoms in total. The number of nitrogens with zero attached hydrogens (tertiary/aromatic N) is 5. The Morgan fingerprint density at radius 3 is 2.90 bits per heavy atom. The van der Waals surface area contributed by atoms with Gasteiger partial charge in [-0.1, -0.05) is 12.1 Å². The summed E-state index contributed by atoms with van der Waals surface area (Å²) in [5.74, 6) is 0.522. The van der Waals surface area contributed by atoms with Gasteiger partial charge in [0.2, 0.25) is 0 Å². The van der Waals surface area contributed by atoms with Crippen LogP contribution in [0.3, 0.4) is 0 Å². The van der Waals surface area contributed by atoms with Crippen molar-refractivity contribution in [2.24, 2.45) is 0 Å². The van der Waals surface area contributed by atoms with E-state index in [2.05, 4.69) is 15.1 Å². The highest BCUT2D eigenvalue weighted by Gasteiger charge is 2.29. The van der Waals surface area contributed by atoms with Crippen LogP contribution in [0.15, 0.2) is 48.0 Å². The van der Waals surface area contributed by atoms with Crippen LogP contribution in [0.1, 0.15) is 40.1 Å². The molecule has 30 heavy (non-hydrogen) atoms. The highest BCUT2D eigenvalue weighted by molar-refractivity contribution is 7.09. The van der Waals surface area contributed by atoms with E-state index in [1.54, 1.807) is 10.6 Å². The fraction of sp³-hybridized carbons (Fsp3) is 0.273. The van der Waals surface area contributed by atoms with E-state index in [0.717, 1.165) is 47.0 Å². The van der Waals surface area contributed by atoms with Crippen molar-refractivity contribution in [1.82, 2.24) is 24.5 Å². The first-order valence-electron chi connectivity index (χ1n) is 9.90. The number of piperidine rings is 1. The summed E-state index contributed by atoms with van der Waals surface area (Å²) in [6, 6.07) is 10.3. The second kappa shape index (κ2) is 7.60. The molecule has 0 N–H and O–H groups in total. The number of pyridine rings is 1. The van der Waals surface area contributed by atoms with E-state index in [-0.39, 0.29) is 17.6 Å². The number of halogens is 1. The zero-order valence-corrected chi connectivity index (χ0v) is 17.3. The van der Waals surface area contributed by atoms with Gasteiger partial charge in [0.15, 0.2) is 11.5 Å². The molecule has 0 spiro atoms. The van der Waals surface area contributed by atoms with E-state index >= 15 is 0 Å². The molecule has 5 rings (SSSR count). The minimum atomic E-state index is -0.269. The van der Waals surface area contributed by atoms with Crippen LogP contribution in [0.5, 0.6) is 0 Å². The fourth-order valence-electron chi connectivity index (χ4n) is 3.91. The van der Waals surface area contributed by atoms with Gasteiger partial charge in [-0.15, -0.1) is 11.3 Å². The molecule has 1 unspecified atom stereocenters. The molecule has 152 valence electrons. The lowest BCUT2D eigenvalue weighted by Crippen LogP contribution is -2.39. The molecule has 1 saturated heterocycles. The van der Waals surface area contributed by atoms with Crippen LogP contribution in [0.2, 0.25) is 0 Å². The summed E-state index contributed by atoms with van der Waals surface area (Å²) in [4.78, 5) is 23.7. The fourth-order valence-corrected chi connectivity index (χ4v) is 4.49. The topological polar surface area (TPSA) is 63.4 Å². The summed E-state index contributed by atoms with van der Waals surface area (Å²) in [5, 5.41) is 7.39. The van der Waals surface area contributed by atoms with Gasteiger partial charge in [0, 0.05) is 36.1 Å².